The van der Waals surface area contributed by atoms with Gasteiger partial charge in [0.1, 0.15) is 36.6 Å². The van der Waals surface area contributed by atoms with Gasteiger partial charge in [0.15, 0.2) is 18.4 Å². The van der Waals surface area contributed by atoms with Crippen LogP contribution in [0.3, 0.4) is 0 Å². The van der Waals surface area contributed by atoms with Crippen molar-refractivity contribution >= 4 is 0 Å². The number of ether oxygens (including phenoxy) is 6. The fourth-order valence-corrected chi connectivity index (χ4v) is 12.4. The molecular formula is C38H60O12. The lowest BCUT2D eigenvalue weighted by atomic mass is 9.46. The molecule has 0 aromatic carbocycles. The fourth-order valence-electron chi connectivity index (χ4n) is 12.4. The van der Waals surface area contributed by atoms with E-state index in [9.17, 15) is 30.6 Å². The molecule has 0 aromatic rings. The van der Waals surface area contributed by atoms with Crippen LogP contribution in [0.2, 0.25) is 0 Å². The number of rotatable bonds is 4. The molecule has 3 saturated carbocycles. The van der Waals surface area contributed by atoms with Gasteiger partial charge in [-0.15, -0.1) is 0 Å². The van der Waals surface area contributed by atoms with E-state index in [0.717, 1.165) is 45.1 Å². The molecule has 21 atom stereocenters. The van der Waals surface area contributed by atoms with Crippen LogP contribution >= 0.6 is 0 Å². The Morgan fingerprint density at radius 1 is 0.820 bits per heavy atom. The molecule has 12 heteroatoms. The fraction of sp³-hybridized carbons (Fsp3) is 0.947. The minimum absolute atomic E-state index is 0.134. The Bertz CT molecular complexity index is 1290. The highest BCUT2D eigenvalue weighted by Gasteiger charge is 2.69. The van der Waals surface area contributed by atoms with Crippen LogP contribution in [0.25, 0.3) is 0 Å². The predicted molar refractivity (Wildman–Crippen MR) is 177 cm³/mol. The second-order valence-electron chi connectivity index (χ2n) is 17.9. The molecule has 0 bridgehead atoms. The Labute approximate surface area is 295 Å². The lowest BCUT2D eigenvalue weighted by Crippen LogP contribution is -2.63. The van der Waals surface area contributed by atoms with Gasteiger partial charge >= 0.3 is 0 Å². The lowest BCUT2D eigenvalue weighted by Gasteiger charge is -2.60. The first-order valence-electron chi connectivity index (χ1n) is 19.4. The van der Waals surface area contributed by atoms with Gasteiger partial charge < -0.3 is 59.1 Å². The molecular weight excluding hydrogens is 648 g/mol. The van der Waals surface area contributed by atoms with Gasteiger partial charge in [-0.25, -0.2) is 0 Å². The number of aliphatic hydroxyl groups excluding tert-OH is 6. The summed E-state index contributed by atoms with van der Waals surface area (Å²) >= 11 is 0. The van der Waals surface area contributed by atoms with Crippen LogP contribution in [0, 0.1) is 46.3 Å². The molecule has 4 aliphatic carbocycles. The minimum Gasteiger partial charge on any atom is -0.393 e. The molecule has 50 heavy (non-hydrogen) atoms. The summed E-state index contributed by atoms with van der Waals surface area (Å²) in [6, 6.07) is 0. The molecule has 4 heterocycles. The molecule has 12 nitrogen and oxygen atoms in total. The van der Waals surface area contributed by atoms with E-state index in [1.807, 2.05) is 0 Å². The second-order valence-corrected chi connectivity index (χ2v) is 17.9. The summed E-state index contributed by atoms with van der Waals surface area (Å²) in [5.41, 5.74) is 0.917. The maximum absolute atomic E-state index is 11.1. The van der Waals surface area contributed by atoms with Crippen molar-refractivity contribution in [3.05, 3.63) is 11.6 Å². The zero-order chi connectivity index (χ0) is 35.5. The summed E-state index contributed by atoms with van der Waals surface area (Å²) in [5, 5.41) is 64.1. The van der Waals surface area contributed by atoms with E-state index >= 15 is 0 Å². The highest BCUT2D eigenvalue weighted by atomic mass is 16.8. The molecule has 0 aromatic heterocycles. The normalized spacial score (nSPS) is 59.3. The summed E-state index contributed by atoms with van der Waals surface area (Å²) in [6.07, 6.45) is -3.26. The van der Waals surface area contributed by atoms with Gasteiger partial charge in [0, 0.05) is 24.2 Å². The van der Waals surface area contributed by atoms with Gasteiger partial charge in [-0.1, -0.05) is 39.3 Å². The number of aliphatic hydroxyl groups is 6. The number of hydrogen-bond donors (Lipinski definition) is 6. The Morgan fingerprint density at radius 2 is 1.60 bits per heavy atom. The van der Waals surface area contributed by atoms with Crippen molar-refractivity contribution in [2.24, 2.45) is 46.3 Å². The van der Waals surface area contributed by atoms with E-state index in [4.69, 9.17) is 28.4 Å². The van der Waals surface area contributed by atoms with Gasteiger partial charge in [-0.3, -0.25) is 0 Å². The molecule has 0 amide bonds. The van der Waals surface area contributed by atoms with Crippen LogP contribution in [0.4, 0.5) is 0 Å². The quantitative estimate of drug-likeness (QED) is 0.235. The zero-order valence-electron chi connectivity index (χ0n) is 30.2. The van der Waals surface area contributed by atoms with Crippen molar-refractivity contribution in [3.63, 3.8) is 0 Å². The van der Waals surface area contributed by atoms with E-state index in [-0.39, 0.29) is 18.1 Å². The molecule has 284 valence electrons. The molecule has 1 spiro atoms. The summed E-state index contributed by atoms with van der Waals surface area (Å²) in [5.74, 6) is 2.08. The molecule has 4 saturated heterocycles. The highest BCUT2D eigenvalue weighted by molar-refractivity contribution is 5.28. The van der Waals surface area contributed by atoms with E-state index in [1.54, 1.807) is 6.92 Å². The largest absolute Gasteiger partial charge is 0.393 e. The highest BCUT2D eigenvalue weighted by Crippen LogP contribution is 2.71. The van der Waals surface area contributed by atoms with E-state index in [0.29, 0.717) is 48.3 Å². The van der Waals surface area contributed by atoms with Crippen molar-refractivity contribution in [2.75, 3.05) is 13.2 Å². The van der Waals surface area contributed by atoms with E-state index < -0.39 is 78.7 Å². The SMILES string of the molecule is C[C@@H]1CC[C@@]2(OC1)O[C@H]1C[C@@H]3[C@@H]4CC=C5C[C@H](O)C[C@@H](O[C@@H]6OC[C@@H](O)[C@H](O)[C@H]6O[C@@H]6O[C@H](C)[C@@H](O)[C@H](O)[C@H]6O)[C@]5(C)[C@H]4CC[C@]3(C)[C@H]1[C@@H]2C. The first-order chi connectivity index (χ1) is 23.7. The van der Waals surface area contributed by atoms with Gasteiger partial charge in [-0.2, -0.15) is 0 Å². The van der Waals surface area contributed by atoms with Crippen LogP contribution in [0.5, 0.6) is 0 Å². The van der Waals surface area contributed by atoms with Crippen LogP contribution < -0.4 is 0 Å². The summed E-state index contributed by atoms with van der Waals surface area (Å²) in [6.45, 7) is 11.5. The molecule has 7 fully saturated rings. The second kappa shape index (κ2) is 12.9. The van der Waals surface area contributed by atoms with Crippen LogP contribution in [0.1, 0.15) is 86.0 Å². The average molecular weight is 709 g/mol. The van der Waals surface area contributed by atoms with E-state index in [1.165, 1.54) is 5.57 Å². The monoisotopic (exact) mass is 708 g/mol. The Hall–Kier alpha value is -0.740. The Balaban J connectivity index is 1.04. The summed E-state index contributed by atoms with van der Waals surface area (Å²) < 4.78 is 38.0. The first kappa shape index (κ1) is 36.2. The first-order valence-corrected chi connectivity index (χ1v) is 19.4. The standard InChI is InChI=1S/C38H60O12/c1-17-8-11-38(46-15-17)18(2)28-26(50-38)14-24-22-7-6-20-12-21(39)13-27(37(20,5)23(22)9-10-36(24,28)4)48-35-33(30(42)25(40)16-45-35)49-34-32(44)31(43)29(41)19(3)47-34/h6,17-19,21-35,39-44H,7-16H2,1-5H3/t17-,18+,19-,21+,22-,23+,24-,25-,26+,27-,28+,29-,30+,31+,32-,33-,34+,35+,36+,37+,38-/m1/s1. The molecule has 8 rings (SSSR count). The van der Waals surface area contributed by atoms with Crippen LogP contribution in [-0.4, -0.2) is 123 Å². The van der Waals surface area contributed by atoms with Crippen LogP contribution in [0.15, 0.2) is 11.6 Å². The number of allylic oxidation sites excluding steroid dienone is 1. The summed E-state index contributed by atoms with van der Waals surface area (Å²) in [7, 11) is 0. The average Bonchev–Trinajstić information content (AvgIpc) is 3.53. The number of fused-ring (bicyclic) bond motifs is 7. The van der Waals surface area contributed by atoms with E-state index in [2.05, 4.69) is 33.8 Å². The van der Waals surface area contributed by atoms with Crippen molar-refractivity contribution in [1.29, 1.82) is 0 Å². The zero-order valence-corrected chi connectivity index (χ0v) is 30.2. The third kappa shape index (κ3) is 5.45. The maximum Gasteiger partial charge on any atom is 0.187 e. The predicted octanol–water partition coefficient (Wildman–Crippen LogP) is 2.00. The van der Waals surface area contributed by atoms with Crippen molar-refractivity contribution in [1.82, 2.24) is 0 Å². The van der Waals surface area contributed by atoms with Crippen molar-refractivity contribution in [2.45, 2.75) is 165 Å². The minimum atomic E-state index is -1.60. The Kier molecular flexibility index (Phi) is 9.38. The van der Waals surface area contributed by atoms with Crippen molar-refractivity contribution in [3.8, 4) is 0 Å². The molecule has 0 unspecified atom stereocenters. The molecule has 0 radical (unpaired) electrons. The van der Waals surface area contributed by atoms with Crippen LogP contribution in [-0.2, 0) is 28.4 Å². The smallest absolute Gasteiger partial charge is 0.187 e. The van der Waals surface area contributed by atoms with Gasteiger partial charge in [0.25, 0.3) is 0 Å². The third-order valence-electron chi connectivity index (χ3n) is 15.2. The number of hydrogen-bond acceptors (Lipinski definition) is 12. The lowest BCUT2D eigenvalue weighted by molar-refractivity contribution is -0.362. The molecule has 6 N–H and O–H groups in total. The topological polar surface area (TPSA) is 177 Å². The molecule has 8 aliphatic rings. The Morgan fingerprint density at radius 3 is 2.34 bits per heavy atom. The summed E-state index contributed by atoms with van der Waals surface area (Å²) in [4.78, 5) is 0. The third-order valence-corrected chi connectivity index (χ3v) is 15.2. The maximum atomic E-state index is 11.1. The van der Waals surface area contributed by atoms with Gasteiger partial charge in [-0.05, 0) is 80.5 Å². The van der Waals surface area contributed by atoms with Gasteiger partial charge in [0.2, 0.25) is 0 Å². The van der Waals surface area contributed by atoms with Gasteiger partial charge in [0.05, 0.1) is 37.6 Å². The van der Waals surface area contributed by atoms with Crippen molar-refractivity contribution < 1.29 is 59.1 Å². The molecule has 4 aliphatic heterocycles.